The molecule has 4 heteroatoms. The molecule has 0 aromatic heterocycles. The molecule has 0 aliphatic carbocycles. The maximum absolute atomic E-state index is 11.6. The molecule has 1 aliphatic heterocycles. The van der Waals surface area contributed by atoms with Crippen LogP contribution in [0.3, 0.4) is 0 Å². The fourth-order valence-corrected chi connectivity index (χ4v) is 2.46. The first-order valence-corrected chi connectivity index (χ1v) is 6.30. The first-order chi connectivity index (χ1) is 8.59. The Morgan fingerprint density at radius 3 is 2.39 bits per heavy atom. The average Bonchev–Trinajstić information content (AvgIpc) is 2.34. The quantitative estimate of drug-likeness (QED) is 0.877. The number of carboxylic acid groups (broad SMARTS) is 1. The summed E-state index contributed by atoms with van der Waals surface area (Å²) in [6.45, 7) is 5.44. The minimum absolute atomic E-state index is 0.514. The van der Waals surface area contributed by atoms with E-state index in [1.807, 2.05) is 31.2 Å². The zero-order valence-corrected chi connectivity index (χ0v) is 11.0. The molecule has 1 atom stereocenters. The predicted octanol–water partition coefficient (Wildman–Crippen LogP) is 1.37. The highest BCUT2D eigenvalue weighted by Crippen LogP contribution is 2.25. The van der Waals surface area contributed by atoms with Gasteiger partial charge in [0.1, 0.15) is 6.04 Å². The van der Waals surface area contributed by atoms with Crippen molar-refractivity contribution in [2.75, 3.05) is 33.2 Å². The number of hydrogen-bond acceptors (Lipinski definition) is 3. The van der Waals surface area contributed by atoms with E-state index in [1.54, 1.807) is 0 Å². The van der Waals surface area contributed by atoms with Crippen molar-refractivity contribution in [1.82, 2.24) is 9.80 Å². The van der Waals surface area contributed by atoms with Gasteiger partial charge in [0.25, 0.3) is 0 Å². The van der Waals surface area contributed by atoms with Crippen LogP contribution in [0.25, 0.3) is 0 Å². The first-order valence-electron chi connectivity index (χ1n) is 6.30. The fraction of sp³-hybridized carbons (Fsp3) is 0.500. The van der Waals surface area contributed by atoms with Gasteiger partial charge in [-0.25, -0.2) is 0 Å². The molecule has 0 bridgehead atoms. The molecule has 1 aromatic rings. The lowest BCUT2D eigenvalue weighted by atomic mass is 9.99. The van der Waals surface area contributed by atoms with Gasteiger partial charge in [-0.05, 0) is 25.1 Å². The topological polar surface area (TPSA) is 43.8 Å². The van der Waals surface area contributed by atoms with E-state index in [0.717, 1.165) is 37.3 Å². The Morgan fingerprint density at radius 1 is 1.22 bits per heavy atom. The highest BCUT2D eigenvalue weighted by atomic mass is 16.4. The molecule has 1 heterocycles. The molecule has 0 saturated carbocycles. The molecule has 18 heavy (non-hydrogen) atoms. The van der Waals surface area contributed by atoms with Crippen LogP contribution in [0, 0.1) is 6.92 Å². The summed E-state index contributed by atoms with van der Waals surface area (Å²) in [5.74, 6) is -0.756. The minimum atomic E-state index is -0.756. The third-order valence-corrected chi connectivity index (χ3v) is 3.62. The second-order valence-electron chi connectivity index (χ2n) is 4.94. The van der Waals surface area contributed by atoms with Crippen molar-refractivity contribution in [1.29, 1.82) is 0 Å². The average molecular weight is 248 g/mol. The molecule has 1 aromatic carbocycles. The SMILES string of the molecule is Cc1ccccc1C(C(=O)O)N1CCN(C)CC1. The zero-order valence-electron chi connectivity index (χ0n) is 11.0. The van der Waals surface area contributed by atoms with Gasteiger partial charge in [-0.15, -0.1) is 0 Å². The smallest absolute Gasteiger partial charge is 0.325 e. The summed E-state index contributed by atoms with van der Waals surface area (Å²) >= 11 is 0. The van der Waals surface area contributed by atoms with Crippen molar-refractivity contribution in [3.8, 4) is 0 Å². The maximum atomic E-state index is 11.6. The van der Waals surface area contributed by atoms with E-state index in [2.05, 4.69) is 16.8 Å². The van der Waals surface area contributed by atoms with Gasteiger partial charge in [-0.2, -0.15) is 0 Å². The van der Waals surface area contributed by atoms with E-state index in [-0.39, 0.29) is 0 Å². The molecule has 0 radical (unpaired) electrons. The molecule has 1 unspecified atom stereocenters. The summed E-state index contributed by atoms with van der Waals surface area (Å²) in [4.78, 5) is 15.9. The number of benzene rings is 1. The van der Waals surface area contributed by atoms with Crippen LogP contribution in [-0.2, 0) is 4.79 Å². The van der Waals surface area contributed by atoms with Crippen molar-refractivity contribution >= 4 is 5.97 Å². The van der Waals surface area contributed by atoms with Gasteiger partial charge in [0, 0.05) is 26.2 Å². The molecule has 0 amide bonds. The van der Waals surface area contributed by atoms with Crippen molar-refractivity contribution in [2.45, 2.75) is 13.0 Å². The van der Waals surface area contributed by atoms with Crippen molar-refractivity contribution in [3.63, 3.8) is 0 Å². The van der Waals surface area contributed by atoms with E-state index in [4.69, 9.17) is 0 Å². The monoisotopic (exact) mass is 248 g/mol. The van der Waals surface area contributed by atoms with Crippen LogP contribution < -0.4 is 0 Å². The Labute approximate surface area is 108 Å². The Balaban J connectivity index is 2.24. The van der Waals surface area contributed by atoms with E-state index in [9.17, 15) is 9.90 Å². The summed E-state index contributed by atoms with van der Waals surface area (Å²) in [7, 11) is 2.07. The lowest BCUT2D eigenvalue weighted by molar-refractivity contribution is -0.144. The van der Waals surface area contributed by atoms with Gasteiger partial charge in [-0.1, -0.05) is 24.3 Å². The number of rotatable bonds is 3. The van der Waals surface area contributed by atoms with Crippen LogP contribution in [0.5, 0.6) is 0 Å². The van der Waals surface area contributed by atoms with Crippen LogP contribution in [-0.4, -0.2) is 54.1 Å². The number of piperazine rings is 1. The fourth-order valence-electron chi connectivity index (χ4n) is 2.46. The van der Waals surface area contributed by atoms with Crippen LogP contribution in [0.1, 0.15) is 17.2 Å². The summed E-state index contributed by atoms with van der Waals surface area (Å²) in [5, 5.41) is 9.51. The predicted molar refractivity (Wildman–Crippen MR) is 70.6 cm³/mol. The Hall–Kier alpha value is -1.39. The number of carbonyl (C=O) groups is 1. The van der Waals surface area contributed by atoms with Gasteiger partial charge in [0.2, 0.25) is 0 Å². The summed E-state index contributed by atoms with van der Waals surface area (Å²) in [6, 6.07) is 7.24. The van der Waals surface area contributed by atoms with Crippen molar-refractivity contribution in [2.24, 2.45) is 0 Å². The molecule has 1 aliphatic rings. The minimum Gasteiger partial charge on any atom is -0.480 e. The zero-order chi connectivity index (χ0) is 13.1. The largest absolute Gasteiger partial charge is 0.480 e. The second kappa shape index (κ2) is 5.50. The molecule has 1 N–H and O–H groups in total. The highest BCUT2D eigenvalue weighted by molar-refractivity contribution is 5.76. The van der Waals surface area contributed by atoms with Gasteiger partial charge < -0.3 is 10.0 Å². The van der Waals surface area contributed by atoms with Crippen LogP contribution in [0.2, 0.25) is 0 Å². The molecule has 4 nitrogen and oxygen atoms in total. The summed E-state index contributed by atoms with van der Waals surface area (Å²) < 4.78 is 0. The van der Waals surface area contributed by atoms with Crippen molar-refractivity contribution < 1.29 is 9.90 Å². The third kappa shape index (κ3) is 2.71. The van der Waals surface area contributed by atoms with E-state index in [0.29, 0.717) is 0 Å². The van der Waals surface area contributed by atoms with Gasteiger partial charge in [0.15, 0.2) is 0 Å². The molecule has 1 saturated heterocycles. The number of likely N-dealkylation sites (N-methyl/N-ethyl adjacent to an activating group) is 1. The van der Waals surface area contributed by atoms with Crippen LogP contribution in [0.15, 0.2) is 24.3 Å². The molecular formula is C14H20N2O2. The second-order valence-corrected chi connectivity index (χ2v) is 4.94. The number of aryl methyl sites for hydroxylation is 1. The van der Waals surface area contributed by atoms with Gasteiger partial charge in [0.05, 0.1) is 0 Å². The first kappa shape index (κ1) is 13.1. The number of nitrogens with zero attached hydrogens (tertiary/aromatic N) is 2. The summed E-state index contributed by atoms with van der Waals surface area (Å²) in [6.07, 6.45) is 0. The Morgan fingerprint density at radius 2 is 1.83 bits per heavy atom. The van der Waals surface area contributed by atoms with Crippen molar-refractivity contribution in [3.05, 3.63) is 35.4 Å². The maximum Gasteiger partial charge on any atom is 0.325 e. The number of aliphatic carboxylic acids is 1. The standard InChI is InChI=1S/C14H20N2O2/c1-11-5-3-4-6-12(11)13(14(17)18)16-9-7-15(2)8-10-16/h3-6,13H,7-10H2,1-2H3,(H,17,18). The Kier molecular flexibility index (Phi) is 3.99. The van der Waals surface area contributed by atoms with E-state index < -0.39 is 12.0 Å². The summed E-state index contributed by atoms with van der Waals surface area (Å²) in [5.41, 5.74) is 1.96. The normalized spacial score (nSPS) is 19.7. The third-order valence-electron chi connectivity index (χ3n) is 3.62. The molecule has 1 fully saturated rings. The van der Waals surface area contributed by atoms with E-state index in [1.165, 1.54) is 0 Å². The lowest BCUT2D eigenvalue weighted by Crippen LogP contribution is -2.47. The van der Waals surface area contributed by atoms with Gasteiger partial charge >= 0.3 is 5.97 Å². The molecular weight excluding hydrogens is 228 g/mol. The Bertz CT molecular complexity index is 426. The van der Waals surface area contributed by atoms with Crippen LogP contribution in [0.4, 0.5) is 0 Å². The lowest BCUT2D eigenvalue weighted by Gasteiger charge is -2.36. The number of carboxylic acids is 1. The molecule has 98 valence electrons. The van der Waals surface area contributed by atoms with Gasteiger partial charge in [-0.3, -0.25) is 9.69 Å². The number of hydrogen-bond donors (Lipinski definition) is 1. The van der Waals surface area contributed by atoms with Crippen LogP contribution >= 0.6 is 0 Å². The highest BCUT2D eigenvalue weighted by Gasteiger charge is 2.30. The molecule has 2 rings (SSSR count). The van der Waals surface area contributed by atoms with E-state index >= 15 is 0 Å². The molecule has 0 spiro atoms.